The third-order valence-corrected chi connectivity index (χ3v) is 4.14. The van der Waals surface area contributed by atoms with Crippen LogP contribution in [0.5, 0.6) is 0 Å². The fourth-order valence-corrected chi connectivity index (χ4v) is 2.76. The maximum Gasteiger partial charge on any atom is 0.320 e. The molecule has 3 N–H and O–H groups in total. The number of amides is 2. The Morgan fingerprint density at radius 3 is 2.62 bits per heavy atom. The van der Waals surface area contributed by atoms with Gasteiger partial charge in [0.05, 0.1) is 6.54 Å². The predicted octanol–water partition coefficient (Wildman–Crippen LogP) is 1.21. The van der Waals surface area contributed by atoms with E-state index >= 15 is 0 Å². The lowest BCUT2D eigenvalue weighted by atomic mass is 9.85. The van der Waals surface area contributed by atoms with Crippen LogP contribution in [0.1, 0.15) is 19.8 Å². The average molecular weight is 335 g/mol. The number of pyridine rings is 1. The van der Waals surface area contributed by atoms with Gasteiger partial charge in [0.2, 0.25) is 0 Å². The highest BCUT2D eigenvalue weighted by Crippen LogP contribution is 2.25. The van der Waals surface area contributed by atoms with Crippen molar-refractivity contribution in [3.63, 3.8) is 0 Å². The van der Waals surface area contributed by atoms with E-state index in [4.69, 9.17) is 5.11 Å². The molecular formula is C16H25N5O3. The summed E-state index contributed by atoms with van der Waals surface area (Å²) in [6.45, 7) is 2.68. The van der Waals surface area contributed by atoms with Gasteiger partial charge in [0, 0.05) is 26.2 Å². The molecule has 8 heteroatoms. The minimum atomic E-state index is -0.821. The smallest absolute Gasteiger partial charge is 0.320 e. The second kappa shape index (κ2) is 7.96. The molecule has 0 aromatic carbocycles. The van der Waals surface area contributed by atoms with Gasteiger partial charge in [0.15, 0.2) is 0 Å². The molecule has 1 aliphatic rings. The summed E-state index contributed by atoms with van der Waals surface area (Å²) >= 11 is 0. The second-order valence-corrected chi connectivity index (χ2v) is 6.15. The molecule has 1 aromatic heterocycles. The van der Waals surface area contributed by atoms with E-state index in [9.17, 15) is 9.59 Å². The fraction of sp³-hybridized carbons (Fsp3) is 0.562. The quantitative estimate of drug-likeness (QED) is 0.693. The highest BCUT2D eigenvalue weighted by molar-refractivity contribution is 5.88. The number of nitrogens with one attached hydrogen (secondary N) is 2. The number of anilines is 2. The van der Waals surface area contributed by atoms with E-state index in [2.05, 4.69) is 15.6 Å². The van der Waals surface area contributed by atoms with Crippen LogP contribution in [0.3, 0.4) is 0 Å². The minimum absolute atomic E-state index is 0.0430. The molecule has 0 saturated heterocycles. The van der Waals surface area contributed by atoms with Crippen LogP contribution in [0, 0.1) is 0 Å². The Kier molecular flexibility index (Phi) is 5.97. The van der Waals surface area contributed by atoms with Crippen molar-refractivity contribution in [2.75, 3.05) is 37.4 Å². The van der Waals surface area contributed by atoms with Crippen LogP contribution in [0.4, 0.5) is 16.4 Å². The largest absolute Gasteiger partial charge is 0.480 e. The molecule has 1 saturated carbocycles. The van der Waals surface area contributed by atoms with Gasteiger partial charge in [0.25, 0.3) is 0 Å². The molecule has 0 bridgehead atoms. The Morgan fingerprint density at radius 2 is 2.04 bits per heavy atom. The van der Waals surface area contributed by atoms with E-state index in [0.29, 0.717) is 12.4 Å². The summed E-state index contributed by atoms with van der Waals surface area (Å²) in [6.07, 6.45) is 1.53. The van der Waals surface area contributed by atoms with Crippen molar-refractivity contribution in [1.29, 1.82) is 0 Å². The average Bonchev–Trinajstić information content (AvgIpc) is 2.48. The maximum absolute atomic E-state index is 12.0. The lowest BCUT2D eigenvalue weighted by molar-refractivity contribution is -0.139. The topological polar surface area (TPSA) is 97.8 Å². The summed E-state index contributed by atoms with van der Waals surface area (Å²) in [6, 6.07) is 5.43. The van der Waals surface area contributed by atoms with Gasteiger partial charge in [-0.1, -0.05) is 13.0 Å². The van der Waals surface area contributed by atoms with Gasteiger partial charge in [-0.25, -0.2) is 9.78 Å². The number of nitrogens with zero attached hydrogens (tertiary/aromatic N) is 3. The van der Waals surface area contributed by atoms with Crippen LogP contribution in [-0.4, -0.2) is 66.3 Å². The van der Waals surface area contributed by atoms with Crippen molar-refractivity contribution in [3.05, 3.63) is 18.2 Å². The maximum atomic E-state index is 12.0. The summed E-state index contributed by atoms with van der Waals surface area (Å²) in [7, 11) is 3.77. The van der Waals surface area contributed by atoms with E-state index < -0.39 is 5.97 Å². The third kappa shape index (κ3) is 4.82. The molecule has 1 fully saturated rings. The molecule has 1 heterocycles. The van der Waals surface area contributed by atoms with Crippen molar-refractivity contribution in [1.82, 2.24) is 15.2 Å². The zero-order valence-electron chi connectivity index (χ0n) is 14.3. The third-order valence-electron chi connectivity index (χ3n) is 4.14. The molecule has 2 amide bonds. The van der Waals surface area contributed by atoms with Crippen LogP contribution in [0.15, 0.2) is 18.2 Å². The Hall–Kier alpha value is -2.35. The number of likely N-dealkylation sites (N-methyl/N-ethyl adjacent to an activating group) is 1. The number of hydrogen-bond donors (Lipinski definition) is 3. The number of aromatic nitrogens is 1. The molecule has 132 valence electrons. The first-order valence-electron chi connectivity index (χ1n) is 8.06. The zero-order chi connectivity index (χ0) is 17.7. The number of carbonyl (C=O) groups excluding carboxylic acids is 1. The Balaban J connectivity index is 1.78. The molecule has 0 aliphatic heterocycles. The van der Waals surface area contributed by atoms with Gasteiger partial charge in [-0.2, -0.15) is 0 Å². The van der Waals surface area contributed by atoms with Crippen LogP contribution < -0.4 is 15.5 Å². The van der Waals surface area contributed by atoms with Crippen LogP contribution in [0.25, 0.3) is 0 Å². The van der Waals surface area contributed by atoms with E-state index in [-0.39, 0.29) is 24.7 Å². The lowest BCUT2D eigenvalue weighted by Gasteiger charge is -2.42. The number of rotatable bonds is 7. The van der Waals surface area contributed by atoms with Crippen molar-refractivity contribution in [2.24, 2.45) is 0 Å². The van der Waals surface area contributed by atoms with Crippen molar-refractivity contribution >= 4 is 23.6 Å². The standard InChI is InChI=1S/C16H25N5O3/c1-4-21(10-15(22)23)12-8-11(9-12)17-16(24)19-13-6-5-7-14(18-13)20(2)3/h5-7,11-12H,4,8-10H2,1-3H3,(H,22,23)(H2,17,18,19,24). The first-order chi connectivity index (χ1) is 11.4. The first-order valence-corrected chi connectivity index (χ1v) is 8.06. The van der Waals surface area contributed by atoms with Gasteiger partial charge in [-0.05, 0) is 31.5 Å². The van der Waals surface area contributed by atoms with Crippen molar-refractivity contribution in [3.8, 4) is 0 Å². The molecule has 1 aromatic rings. The zero-order valence-corrected chi connectivity index (χ0v) is 14.3. The highest BCUT2D eigenvalue weighted by Gasteiger charge is 2.34. The molecule has 0 atom stereocenters. The van der Waals surface area contributed by atoms with Gasteiger partial charge in [0.1, 0.15) is 11.6 Å². The van der Waals surface area contributed by atoms with E-state index in [0.717, 1.165) is 18.7 Å². The summed E-state index contributed by atoms with van der Waals surface area (Å²) in [4.78, 5) is 31.0. The van der Waals surface area contributed by atoms with E-state index in [1.165, 1.54) is 0 Å². The Labute approximate surface area is 141 Å². The Bertz CT molecular complexity index is 587. The van der Waals surface area contributed by atoms with Crippen LogP contribution in [-0.2, 0) is 4.79 Å². The highest BCUT2D eigenvalue weighted by atomic mass is 16.4. The monoisotopic (exact) mass is 335 g/mol. The molecule has 24 heavy (non-hydrogen) atoms. The molecule has 0 unspecified atom stereocenters. The number of aliphatic carboxylic acids is 1. The fourth-order valence-electron chi connectivity index (χ4n) is 2.76. The molecule has 8 nitrogen and oxygen atoms in total. The van der Waals surface area contributed by atoms with Gasteiger partial charge in [-0.15, -0.1) is 0 Å². The number of urea groups is 1. The number of carboxylic acids is 1. The number of hydrogen-bond acceptors (Lipinski definition) is 5. The summed E-state index contributed by atoms with van der Waals surface area (Å²) < 4.78 is 0. The Morgan fingerprint density at radius 1 is 1.33 bits per heavy atom. The molecule has 0 spiro atoms. The minimum Gasteiger partial charge on any atom is -0.480 e. The van der Waals surface area contributed by atoms with Crippen LogP contribution >= 0.6 is 0 Å². The normalized spacial score (nSPS) is 19.5. The molecule has 0 radical (unpaired) electrons. The van der Waals surface area contributed by atoms with Crippen molar-refractivity contribution in [2.45, 2.75) is 31.8 Å². The first kappa shape index (κ1) is 18.0. The molecular weight excluding hydrogens is 310 g/mol. The molecule has 1 aliphatic carbocycles. The van der Waals surface area contributed by atoms with Crippen LogP contribution in [0.2, 0.25) is 0 Å². The SMILES string of the molecule is CCN(CC(=O)O)C1CC(NC(=O)Nc2cccc(N(C)C)n2)C1. The summed E-state index contributed by atoms with van der Waals surface area (Å²) in [5.41, 5.74) is 0. The van der Waals surface area contributed by atoms with E-state index in [1.807, 2.05) is 43.0 Å². The van der Waals surface area contributed by atoms with Gasteiger partial charge >= 0.3 is 12.0 Å². The number of carboxylic acid groups (broad SMARTS) is 1. The van der Waals surface area contributed by atoms with Crippen molar-refractivity contribution < 1.29 is 14.7 Å². The van der Waals surface area contributed by atoms with Gasteiger partial charge < -0.3 is 15.3 Å². The van der Waals surface area contributed by atoms with Gasteiger partial charge in [-0.3, -0.25) is 15.0 Å². The van der Waals surface area contributed by atoms with E-state index in [1.54, 1.807) is 6.07 Å². The second-order valence-electron chi connectivity index (χ2n) is 6.15. The summed E-state index contributed by atoms with van der Waals surface area (Å²) in [5, 5.41) is 14.5. The lowest BCUT2D eigenvalue weighted by Crippen LogP contribution is -2.55. The molecule has 2 rings (SSSR count). The predicted molar refractivity (Wildman–Crippen MR) is 92.4 cm³/mol. The number of carbonyl (C=O) groups is 2. The summed E-state index contributed by atoms with van der Waals surface area (Å²) in [5.74, 6) is 0.442.